The second-order valence-corrected chi connectivity index (χ2v) is 5.96. The van der Waals surface area contributed by atoms with Gasteiger partial charge in [0.05, 0.1) is 12.7 Å². The van der Waals surface area contributed by atoms with Gasteiger partial charge in [-0.25, -0.2) is 0 Å². The monoisotopic (exact) mass is 270 g/mol. The van der Waals surface area contributed by atoms with Gasteiger partial charge in [0.25, 0.3) is 0 Å². The van der Waals surface area contributed by atoms with Crippen LogP contribution in [0.25, 0.3) is 0 Å². The van der Waals surface area contributed by atoms with Crippen molar-refractivity contribution in [3.05, 3.63) is 0 Å². The molecule has 1 heterocycles. The van der Waals surface area contributed by atoms with Crippen molar-refractivity contribution in [1.82, 2.24) is 0 Å². The minimum absolute atomic E-state index is 0.0106. The summed E-state index contributed by atoms with van der Waals surface area (Å²) in [7, 11) is 1.69. The summed E-state index contributed by atoms with van der Waals surface area (Å²) >= 11 is 0. The number of hydrogen-bond acceptors (Lipinski definition) is 4. The molecule has 0 aromatic carbocycles. The minimum Gasteiger partial charge on any atom is -0.379 e. The second-order valence-electron chi connectivity index (χ2n) is 5.96. The first-order chi connectivity index (χ1) is 9.06. The Kier molecular flexibility index (Phi) is 4.98. The summed E-state index contributed by atoms with van der Waals surface area (Å²) in [6.45, 7) is 4.16. The molecule has 1 saturated heterocycles. The molecule has 1 aliphatic carbocycles. The van der Waals surface area contributed by atoms with Crippen LogP contribution in [-0.4, -0.2) is 37.5 Å². The molecule has 110 valence electrons. The molecular weight excluding hydrogens is 244 g/mol. The summed E-state index contributed by atoms with van der Waals surface area (Å²) in [4.78, 5) is 11.4. The van der Waals surface area contributed by atoms with E-state index in [0.29, 0.717) is 13.0 Å². The fourth-order valence-electron chi connectivity index (χ4n) is 3.03. The Balaban J connectivity index is 1.91. The number of Topliss-reactive ketones (excluding diaryl/α,β-unsaturated/α-hetero) is 1. The molecule has 0 radical (unpaired) electrons. The number of carbonyl (C=O) groups excluding carboxylic acids is 1. The third-order valence-corrected chi connectivity index (χ3v) is 4.49. The lowest BCUT2D eigenvalue weighted by molar-refractivity contribution is -0.197. The molecule has 2 rings (SSSR count). The van der Waals surface area contributed by atoms with Gasteiger partial charge in [0.1, 0.15) is 11.9 Å². The number of rotatable bonds is 5. The summed E-state index contributed by atoms with van der Waals surface area (Å²) in [6.07, 6.45) is 6.21. The van der Waals surface area contributed by atoms with Crippen molar-refractivity contribution in [2.75, 3.05) is 13.7 Å². The zero-order valence-electron chi connectivity index (χ0n) is 12.3. The molecule has 1 saturated carbocycles. The second kappa shape index (κ2) is 6.33. The number of carbonyl (C=O) groups is 1. The zero-order valence-corrected chi connectivity index (χ0v) is 12.3. The Hall–Kier alpha value is -0.450. The van der Waals surface area contributed by atoms with Crippen molar-refractivity contribution < 1.29 is 19.0 Å². The van der Waals surface area contributed by atoms with E-state index < -0.39 is 0 Å². The first kappa shape index (κ1) is 14.9. The molecule has 4 nitrogen and oxygen atoms in total. The van der Waals surface area contributed by atoms with Gasteiger partial charge < -0.3 is 14.2 Å². The van der Waals surface area contributed by atoms with Gasteiger partial charge in [-0.15, -0.1) is 0 Å². The van der Waals surface area contributed by atoms with Crippen LogP contribution in [0.15, 0.2) is 0 Å². The summed E-state index contributed by atoms with van der Waals surface area (Å²) in [5, 5.41) is 0. The van der Waals surface area contributed by atoms with Crippen molar-refractivity contribution in [1.29, 1.82) is 0 Å². The first-order valence-electron chi connectivity index (χ1n) is 7.41. The maximum Gasteiger partial charge on any atom is 0.169 e. The molecule has 3 atom stereocenters. The van der Waals surface area contributed by atoms with Crippen LogP contribution in [0.3, 0.4) is 0 Å². The number of hydrogen-bond donors (Lipinski definition) is 0. The number of ether oxygens (including phenoxy) is 3. The van der Waals surface area contributed by atoms with E-state index in [1.54, 1.807) is 14.0 Å². The minimum atomic E-state index is -0.362. The highest BCUT2D eigenvalue weighted by atomic mass is 16.8. The van der Waals surface area contributed by atoms with Gasteiger partial charge in [0, 0.05) is 25.9 Å². The van der Waals surface area contributed by atoms with Crippen molar-refractivity contribution >= 4 is 5.78 Å². The summed E-state index contributed by atoms with van der Waals surface area (Å²) in [5.41, 5.74) is 0. The predicted octanol–water partition coefficient (Wildman–Crippen LogP) is 2.69. The van der Waals surface area contributed by atoms with Gasteiger partial charge in [-0.05, 0) is 26.2 Å². The Morgan fingerprint density at radius 3 is 2.63 bits per heavy atom. The van der Waals surface area contributed by atoms with E-state index in [9.17, 15) is 4.79 Å². The normalized spacial score (nSPS) is 29.3. The van der Waals surface area contributed by atoms with Crippen LogP contribution >= 0.6 is 0 Å². The smallest absolute Gasteiger partial charge is 0.169 e. The van der Waals surface area contributed by atoms with Gasteiger partial charge in [0.2, 0.25) is 0 Å². The highest BCUT2D eigenvalue weighted by molar-refractivity contribution is 5.77. The van der Waals surface area contributed by atoms with Gasteiger partial charge in [-0.3, -0.25) is 4.79 Å². The highest BCUT2D eigenvalue weighted by Gasteiger charge is 2.45. The van der Waals surface area contributed by atoms with Gasteiger partial charge in [-0.2, -0.15) is 0 Å². The van der Waals surface area contributed by atoms with Crippen LogP contribution in [0.4, 0.5) is 0 Å². The highest BCUT2D eigenvalue weighted by Crippen LogP contribution is 2.39. The molecule has 0 bridgehead atoms. The van der Waals surface area contributed by atoms with Crippen LogP contribution in [-0.2, 0) is 19.0 Å². The van der Waals surface area contributed by atoms with Crippen molar-refractivity contribution in [3.8, 4) is 0 Å². The topological polar surface area (TPSA) is 44.8 Å². The summed E-state index contributed by atoms with van der Waals surface area (Å²) < 4.78 is 17.6. The number of methoxy groups -OCH3 is 1. The zero-order chi connectivity index (χ0) is 13.9. The van der Waals surface area contributed by atoms with E-state index in [4.69, 9.17) is 14.2 Å². The largest absolute Gasteiger partial charge is 0.379 e. The average molecular weight is 270 g/mol. The standard InChI is InChI=1S/C15H26O4/c1-11(12(2)16)9-13(17-3)14-10-18-15(19-14)7-5-4-6-8-15/h11,13-14H,4-10H2,1-3H3/t11-,13+,14-/m1/s1. The molecule has 0 aromatic rings. The Labute approximate surface area is 115 Å². The molecule has 0 aromatic heterocycles. The van der Waals surface area contributed by atoms with Crippen molar-refractivity contribution in [2.24, 2.45) is 5.92 Å². The Bertz CT molecular complexity index is 309. The Morgan fingerprint density at radius 1 is 1.37 bits per heavy atom. The lowest BCUT2D eigenvalue weighted by Gasteiger charge is -2.32. The van der Waals surface area contributed by atoms with Crippen LogP contribution in [0, 0.1) is 5.92 Å². The lowest BCUT2D eigenvalue weighted by atomic mass is 9.94. The molecule has 0 amide bonds. The fraction of sp³-hybridized carbons (Fsp3) is 0.933. The van der Waals surface area contributed by atoms with Crippen molar-refractivity contribution in [3.63, 3.8) is 0 Å². The molecule has 2 fully saturated rings. The summed E-state index contributed by atoms with van der Waals surface area (Å²) in [6, 6.07) is 0. The maximum absolute atomic E-state index is 11.4. The third-order valence-electron chi connectivity index (χ3n) is 4.49. The van der Waals surface area contributed by atoms with Crippen LogP contribution in [0.1, 0.15) is 52.4 Å². The Morgan fingerprint density at radius 2 is 2.05 bits per heavy atom. The van der Waals surface area contributed by atoms with E-state index >= 15 is 0 Å². The molecule has 0 N–H and O–H groups in total. The average Bonchev–Trinajstić information content (AvgIpc) is 2.80. The van der Waals surface area contributed by atoms with E-state index in [2.05, 4.69) is 0 Å². The van der Waals surface area contributed by atoms with E-state index in [1.807, 2.05) is 6.92 Å². The first-order valence-corrected chi connectivity index (χ1v) is 7.41. The number of ketones is 1. The van der Waals surface area contributed by atoms with Gasteiger partial charge in [-0.1, -0.05) is 13.3 Å². The molecule has 4 heteroatoms. The predicted molar refractivity (Wildman–Crippen MR) is 71.9 cm³/mol. The molecule has 19 heavy (non-hydrogen) atoms. The van der Waals surface area contributed by atoms with Crippen LogP contribution < -0.4 is 0 Å². The maximum atomic E-state index is 11.4. The molecule has 0 unspecified atom stereocenters. The lowest BCUT2D eigenvalue weighted by Crippen LogP contribution is -2.37. The molecule has 1 aliphatic heterocycles. The SMILES string of the molecule is CO[C@@H](C[C@@H](C)C(C)=O)[C@H]1COC2(CCCCC2)O1. The van der Waals surface area contributed by atoms with E-state index in [1.165, 1.54) is 19.3 Å². The van der Waals surface area contributed by atoms with Gasteiger partial charge in [0.15, 0.2) is 5.79 Å². The van der Waals surface area contributed by atoms with E-state index in [-0.39, 0.29) is 29.7 Å². The molecular formula is C15H26O4. The quantitative estimate of drug-likeness (QED) is 0.770. The van der Waals surface area contributed by atoms with Gasteiger partial charge >= 0.3 is 0 Å². The third kappa shape index (κ3) is 3.56. The van der Waals surface area contributed by atoms with Crippen LogP contribution in [0.5, 0.6) is 0 Å². The summed E-state index contributed by atoms with van der Waals surface area (Å²) in [5.74, 6) is -0.149. The van der Waals surface area contributed by atoms with E-state index in [0.717, 1.165) is 12.8 Å². The van der Waals surface area contributed by atoms with Crippen LogP contribution in [0.2, 0.25) is 0 Å². The molecule has 1 spiro atoms. The fourth-order valence-corrected chi connectivity index (χ4v) is 3.03. The van der Waals surface area contributed by atoms with Crippen molar-refractivity contribution in [2.45, 2.75) is 70.4 Å². The molecule has 2 aliphatic rings.